The summed E-state index contributed by atoms with van der Waals surface area (Å²) >= 11 is 0. The quantitative estimate of drug-likeness (QED) is 0.620. The average molecular weight is 428 g/mol. The third kappa shape index (κ3) is 3.17. The van der Waals surface area contributed by atoms with Gasteiger partial charge in [-0.05, 0) is 49.9 Å². The van der Waals surface area contributed by atoms with E-state index in [1.54, 1.807) is 11.1 Å². The largest absolute Gasteiger partial charge is 0.433 e. The number of hydrogen-bond donors (Lipinski definition) is 0. The molecule has 2 aliphatic rings. The minimum atomic E-state index is -4.62. The number of hydrogen-bond acceptors (Lipinski definition) is 5. The summed E-state index contributed by atoms with van der Waals surface area (Å²) in [6, 6.07) is 6.41. The fourth-order valence-electron chi connectivity index (χ4n) is 4.65. The topological polar surface area (TPSA) is 76.8 Å². The van der Waals surface area contributed by atoms with Gasteiger partial charge in [-0.25, -0.2) is 0 Å². The van der Waals surface area contributed by atoms with Crippen LogP contribution in [0.2, 0.25) is 0 Å². The van der Waals surface area contributed by atoms with E-state index in [1.165, 1.54) is 13.0 Å². The summed E-state index contributed by atoms with van der Waals surface area (Å²) in [5, 5.41) is 8.66. The molecule has 1 fully saturated rings. The molecule has 3 aromatic rings. The maximum Gasteiger partial charge on any atom is 0.433 e. The van der Waals surface area contributed by atoms with Crippen molar-refractivity contribution < 1.29 is 18.0 Å². The molecule has 0 radical (unpaired) electrons. The lowest BCUT2D eigenvalue weighted by Gasteiger charge is -2.46. The number of fused-ring (bicyclic) bond motifs is 4. The third-order valence-electron chi connectivity index (χ3n) is 6.05. The van der Waals surface area contributed by atoms with E-state index >= 15 is 0 Å². The van der Waals surface area contributed by atoms with Gasteiger partial charge in [-0.1, -0.05) is 6.07 Å². The van der Waals surface area contributed by atoms with Gasteiger partial charge in [0.1, 0.15) is 11.4 Å². The van der Waals surface area contributed by atoms with Gasteiger partial charge in [0.2, 0.25) is 0 Å². The van der Waals surface area contributed by atoms with E-state index < -0.39 is 17.8 Å². The van der Waals surface area contributed by atoms with Crippen LogP contribution in [0.4, 0.5) is 13.2 Å². The highest BCUT2D eigenvalue weighted by Crippen LogP contribution is 2.41. The zero-order valence-corrected chi connectivity index (χ0v) is 16.7. The first-order valence-corrected chi connectivity index (χ1v) is 10.1. The minimum absolute atomic E-state index is 0.0251. The fraction of sp³-hybridized carbons (Fsp3) is 0.381. The average Bonchev–Trinajstić information content (AvgIpc) is 3.16. The Kier molecular flexibility index (Phi) is 4.53. The standard InChI is InChI=1S/C21H19F3N6O/c1-12-14(8-10-26-17(12)21(22,23)24)20(31)30-13-5-4-7-16(30)19-28-27-18(29(19)11-13)15-6-2-3-9-25-15/h2-3,6,8-10,13,16H,4-5,7,11H2,1H3. The first kappa shape index (κ1) is 19.7. The molecule has 0 aliphatic carbocycles. The lowest BCUT2D eigenvalue weighted by Crippen LogP contribution is -2.52. The van der Waals surface area contributed by atoms with Crippen molar-refractivity contribution in [2.45, 2.75) is 51.0 Å². The van der Waals surface area contributed by atoms with Gasteiger partial charge in [0.25, 0.3) is 5.91 Å². The van der Waals surface area contributed by atoms with Crippen LogP contribution in [0.1, 0.15) is 52.7 Å². The Morgan fingerprint density at radius 2 is 1.94 bits per heavy atom. The van der Waals surface area contributed by atoms with Gasteiger partial charge in [-0.15, -0.1) is 10.2 Å². The monoisotopic (exact) mass is 428 g/mol. The van der Waals surface area contributed by atoms with Crippen LogP contribution in [0.5, 0.6) is 0 Å². The molecule has 160 valence electrons. The molecule has 5 heterocycles. The van der Waals surface area contributed by atoms with E-state index in [2.05, 4.69) is 20.2 Å². The highest BCUT2D eigenvalue weighted by molar-refractivity contribution is 5.96. The van der Waals surface area contributed by atoms with Crippen LogP contribution in [-0.4, -0.2) is 41.6 Å². The Morgan fingerprint density at radius 3 is 2.68 bits per heavy atom. The van der Waals surface area contributed by atoms with Crippen molar-refractivity contribution in [2.24, 2.45) is 0 Å². The Labute approximate surface area is 176 Å². The second-order valence-electron chi connectivity index (χ2n) is 7.85. The molecule has 0 spiro atoms. The van der Waals surface area contributed by atoms with Crippen molar-refractivity contribution in [1.82, 2.24) is 29.6 Å². The van der Waals surface area contributed by atoms with Crippen LogP contribution in [0, 0.1) is 6.92 Å². The SMILES string of the molecule is Cc1c(C(=O)N2C3CCCC2c2nnc(-c4ccccn4)n2C3)ccnc1C(F)(F)F. The molecule has 0 N–H and O–H groups in total. The number of carbonyl (C=O) groups excluding carboxylic acids is 1. The zero-order valence-electron chi connectivity index (χ0n) is 16.7. The third-order valence-corrected chi connectivity index (χ3v) is 6.05. The van der Waals surface area contributed by atoms with E-state index in [1.807, 2.05) is 22.8 Å². The Morgan fingerprint density at radius 1 is 1.10 bits per heavy atom. The molecule has 2 unspecified atom stereocenters. The molecule has 1 amide bonds. The van der Waals surface area contributed by atoms with Crippen molar-refractivity contribution >= 4 is 5.91 Å². The number of piperidine rings is 1. The van der Waals surface area contributed by atoms with E-state index in [9.17, 15) is 18.0 Å². The fourth-order valence-corrected chi connectivity index (χ4v) is 4.65. The molecule has 2 bridgehead atoms. The molecule has 31 heavy (non-hydrogen) atoms. The van der Waals surface area contributed by atoms with Crippen molar-refractivity contribution in [3.8, 4) is 11.5 Å². The van der Waals surface area contributed by atoms with E-state index in [0.29, 0.717) is 30.3 Å². The second-order valence-corrected chi connectivity index (χ2v) is 7.85. The van der Waals surface area contributed by atoms with Crippen LogP contribution in [0.25, 0.3) is 11.5 Å². The zero-order chi connectivity index (χ0) is 21.8. The molecule has 3 aromatic heterocycles. The number of aromatic nitrogens is 5. The van der Waals surface area contributed by atoms with Gasteiger partial charge in [-0.3, -0.25) is 14.8 Å². The summed E-state index contributed by atoms with van der Waals surface area (Å²) in [7, 11) is 0. The molecule has 1 saturated heterocycles. The van der Waals surface area contributed by atoms with Crippen molar-refractivity contribution in [3.63, 3.8) is 0 Å². The maximum absolute atomic E-state index is 13.5. The molecule has 7 nitrogen and oxygen atoms in total. The number of carbonyl (C=O) groups is 1. The summed E-state index contributed by atoms with van der Waals surface area (Å²) in [4.78, 5) is 23.0. The number of nitrogens with zero attached hydrogens (tertiary/aromatic N) is 6. The van der Waals surface area contributed by atoms with Gasteiger partial charge in [0.15, 0.2) is 11.6 Å². The number of amides is 1. The van der Waals surface area contributed by atoms with Gasteiger partial charge >= 0.3 is 6.18 Å². The van der Waals surface area contributed by atoms with Gasteiger partial charge in [-0.2, -0.15) is 13.2 Å². The van der Waals surface area contributed by atoms with Crippen LogP contribution < -0.4 is 0 Å². The Balaban J connectivity index is 1.55. The number of alkyl halides is 3. The molecular weight excluding hydrogens is 409 g/mol. The summed E-state index contributed by atoms with van der Waals surface area (Å²) in [5.74, 6) is 0.862. The highest BCUT2D eigenvalue weighted by atomic mass is 19.4. The molecule has 2 aliphatic heterocycles. The van der Waals surface area contributed by atoms with E-state index in [-0.39, 0.29) is 23.2 Å². The molecule has 10 heteroatoms. The number of halogens is 3. The van der Waals surface area contributed by atoms with Crippen molar-refractivity contribution in [1.29, 1.82) is 0 Å². The summed E-state index contributed by atoms with van der Waals surface area (Å²) in [6.45, 7) is 1.78. The summed E-state index contributed by atoms with van der Waals surface area (Å²) in [5.41, 5.74) is -0.462. The van der Waals surface area contributed by atoms with E-state index in [0.717, 1.165) is 19.0 Å². The molecule has 2 atom stereocenters. The van der Waals surface area contributed by atoms with Crippen LogP contribution >= 0.6 is 0 Å². The summed E-state index contributed by atoms with van der Waals surface area (Å²) < 4.78 is 41.9. The minimum Gasteiger partial charge on any atom is -0.324 e. The van der Waals surface area contributed by atoms with Crippen molar-refractivity contribution in [3.05, 3.63) is 59.3 Å². The predicted octanol–water partition coefficient (Wildman–Crippen LogP) is 3.81. The van der Waals surface area contributed by atoms with Gasteiger partial charge < -0.3 is 9.47 Å². The summed E-state index contributed by atoms with van der Waals surface area (Å²) in [6.07, 6.45) is 0.464. The van der Waals surface area contributed by atoms with Gasteiger partial charge in [0, 0.05) is 24.5 Å². The van der Waals surface area contributed by atoms with Crippen LogP contribution in [0.3, 0.4) is 0 Å². The maximum atomic E-state index is 13.5. The highest BCUT2D eigenvalue weighted by Gasteiger charge is 2.44. The Hall–Kier alpha value is -3.30. The van der Waals surface area contributed by atoms with Gasteiger partial charge in [0.05, 0.1) is 12.1 Å². The molecule has 5 rings (SSSR count). The molecule has 0 saturated carbocycles. The number of pyridine rings is 2. The number of rotatable bonds is 2. The molecular formula is C21H19F3N6O. The Bertz CT molecular complexity index is 1140. The molecule has 0 aromatic carbocycles. The first-order chi connectivity index (χ1) is 14.9. The van der Waals surface area contributed by atoms with Crippen LogP contribution in [-0.2, 0) is 12.7 Å². The smallest absolute Gasteiger partial charge is 0.324 e. The lowest BCUT2D eigenvalue weighted by atomic mass is 9.90. The van der Waals surface area contributed by atoms with Crippen molar-refractivity contribution in [2.75, 3.05) is 0 Å². The lowest BCUT2D eigenvalue weighted by molar-refractivity contribution is -0.141. The first-order valence-electron chi connectivity index (χ1n) is 10.1. The van der Waals surface area contributed by atoms with E-state index in [4.69, 9.17) is 0 Å². The predicted molar refractivity (Wildman–Crippen MR) is 104 cm³/mol. The van der Waals surface area contributed by atoms with Crippen LogP contribution in [0.15, 0.2) is 36.7 Å². The normalized spacial score (nSPS) is 20.5. The second kappa shape index (κ2) is 7.14.